The molecule has 0 aliphatic carbocycles. The zero-order chi connectivity index (χ0) is 23.3. The van der Waals surface area contributed by atoms with Gasteiger partial charge in [-0.3, -0.25) is 19.5 Å². The van der Waals surface area contributed by atoms with Crippen molar-refractivity contribution in [1.82, 2.24) is 4.90 Å². The molecule has 1 fully saturated rings. The Balaban J connectivity index is 1.69. The van der Waals surface area contributed by atoms with Crippen LogP contribution in [0.5, 0.6) is 5.75 Å². The molecule has 168 valence electrons. The van der Waals surface area contributed by atoms with Crippen molar-refractivity contribution >= 4 is 52.1 Å². The quantitative estimate of drug-likeness (QED) is 0.545. The molecule has 1 saturated heterocycles. The number of rotatable bonds is 7. The van der Waals surface area contributed by atoms with E-state index in [0.717, 1.165) is 5.56 Å². The third-order valence-corrected chi connectivity index (χ3v) is 5.68. The number of benzene rings is 2. The SMILES string of the molecule is CC(C)N=C1S/C(=C/c2ccc(OCC(=O)Nc3ccccc3)c(Cl)c2)C(=O)N1C(C)C. The molecule has 0 aromatic heterocycles. The van der Waals surface area contributed by atoms with E-state index in [0.29, 0.717) is 26.5 Å². The molecule has 1 N–H and O–H groups in total. The summed E-state index contributed by atoms with van der Waals surface area (Å²) in [6.07, 6.45) is 1.79. The predicted molar refractivity (Wildman–Crippen MR) is 132 cm³/mol. The van der Waals surface area contributed by atoms with Gasteiger partial charge < -0.3 is 10.1 Å². The Kier molecular flexibility index (Phi) is 7.99. The van der Waals surface area contributed by atoms with Crippen molar-refractivity contribution in [3.05, 3.63) is 64.0 Å². The lowest BCUT2D eigenvalue weighted by Crippen LogP contribution is -2.35. The second-order valence-corrected chi connectivity index (χ2v) is 9.19. The van der Waals surface area contributed by atoms with E-state index in [2.05, 4.69) is 10.3 Å². The highest BCUT2D eigenvalue weighted by Crippen LogP contribution is 2.35. The van der Waals surface area contributed by atoms with Gasteiger partial charge in [-0.1, -0.05) is 35.9 Å². The lowest BCUT2D eigenvalue weighted by Gasteiger charge is -2.20. The average molecular weight is 472 g/mol. The fraction of sp³-hybridized carbons (Fsp3) is 0.292. The van der Waals surface area contributed by atoms with Crippen LogP contribution in [0.1, 0.15) is 33.3 Å². The molecule has 6 nitrogen and oxygen atoms in total. The molecule has 0 unspecified atom stereocenters. The summed E-state index contributed by atoms with van der Waals surface area (Å²) >= 11 is 7.72. The van der Waals surface area contributed by atoms with Gasteiger partial charge >= 0.3 is 0 Å². The molecule has 1 heterocycles. The molecule has 0 bridgehead atoms. The third-order valence-electron chi connectivity index (χ3n) is 4.39. The van der Waals surface area contributed by atoms with Gasteiger partial charge in [0.05, 0.1) is 9.93 Å². The summed E-state index contributed by atoms with van der Waals surface area (Å²) in [5.41, 5.74) is 1.46. The molecule has 1 aliphatic rings. The number of carbonyl (C=O) groups excluding carboxylic acids is 2. The fourth-order valence-electron chi connectivity index (χ4n) is 2.99. The summed E-state index contributed by atoms with van der Waals surface area (Å²) in [4.78, 5) is 31.8. The molecule has 0 atom stereocenters. The molecular formula is C24H26ClN3O3S. The van der Waals surface area contributed by atoms with Gasteiger partial charge in [-0.15, -0.1) is 0 Å². The average Bonchev–Trinajstić information content (AvgIpc) is 3.02. The van der Waals surface area contributed by atoms with Crippen molar-refractivity contribution < 1.29 is 14.3 Å². The number of amides is 2. The minimum Gasteiger partial charge on any atom is -0.482 e. The summed E-state index contributed by atoms with van der Waals surface area (Å²) in [6.45, 7) is 7.73. The molecule has 2 aromatic rings. The number of nitrogens with zero attached hydrogens (tertiary/aromatic N) is 2. The van der Waals surface area contributed by atoms with Crippen molar-refractivity contribution in [2.45, 2.75) is 39.8 Å². The second kappa shape index (κ2) is 10.7. The van der Waals surface area contributed by atoms with Crippen LogP contribution in [0, 0.1) is 0 Å². The number of para-hydroxylation sites is 1. The van der Waals surface area contributed by atoms with Crippen molar-refractivity contribution in [3.63, 3.8) is 0 Å². The molecule has 8 heteroatoms. The van der Waals surface area contributed by atoms with E-state index in [1.807, 2.05) is 45.9 Å². The van der Waals surface area contributed by atoms with Crippen LogP contribution in [-0.2, 0) is 9.59 Å². The maximum atomic E-state index is 12.9. The van der Waals surface area contributed by atoms with E-state index in [9.17, 15) is 9.59 Å². The maximum absolute atomic E-state index is 12.9. The minimum atomic E-state index is -0.280. The van der Waals surface area contributed by atoms with Crippen LogP contribution in [-0.4, -0.2) is 40.6 Å². The van der Waals surface area contributed by atoms with Crippen LogP contribution in [0.2, 0.25) is 5.02 Å². The van der Waals surface area contributed by atoms with Crippen LogP contribution < -0.4 is 10.1 Å². The fourth-order valence-corrected chi connectivity index (χ4v) is 4.47. The van der Waals surface area contributed by atoms with E-state index in [4.69, 9.17) is 16.3 Å². The first-order chi connectivity index (χ1) is 15.2. The highest BCUT2D eigenvalue weighted by Gasteiger charge is 2.35. The number of amidine groups is 1. The van der Waals surface area contributed by atoms with E-state index in [-0.39, 0.29) is 30.5 Å². The molecule has 1 aliphatic heterocycles. The Morgan fingerprint density at radius 1 is 1.19 bits per heavy atom. The highest BCUT2D eigenvalue weighted by molar-refractivity contribution is 8.18. The van der Waals surface area contributed by atoms with Crippen LogP contribution >= 0.6 is 23.4 Å². The maximum Gasteiger partial charge on any atom is 0.266 e. The molecule has 2 aromatic carbocycles. The van der Waals surface area contributed by atoms with Crippen LogP contribution in [0.4, 0.5) is 5.69 Å². The van der Waals surface area contributed by atoms with E-state index >= 15 is 0 Å². The first kappa shape index (κ1) is 23.9. The molecule has 0 radical (unpaired) electrons. The number of hydrogen-bond donors (Lipinski definition) is 1. The summed E-state index contributed by atoms with van der Waals surface area (Å²) in [5.74, 6) is 0.0453. The van der Waals surface area contributed by atoms with Gasteiger partial charge in [-0.2, -0.15) is 0 Å². The first-order valence-electron chi connectivity index (χ1n) is 10.3. The third kappa shape index (κ3) is 6.14. The van der Waals surface area contributed by atoms with Crippen molar-refractivity contribution in [3.8, 4) is 5.75 Å². The number of anilines is 1. The van der Waals surface area contributed by atoms with Gasteiger partial charge in [-0.25, -0.2) is 0 Å². The van der Waals surface area contributed by atoms with Gasteiger partial charge in [0.1, 0.15) is 5.75 Å². The number of aliphatic imine (C=N–C) groups is 1. The first-order valence-corrected chi connectivity index (χ1v) is 11.5. The second-order valence-electron chi connectivity index (χ2n) is 7.78. The largest absolute Gasteiger partial charge is 0.482 e. The zero-order valence-corrected chi connectivity index (χ0v) is 20.0. The predicted octanol–water partition coefficient (Wildman–Crippen LogP) is 5.45. The number of carbonyl (C=O) groups is 2. The standard InChI is InChI=1S/C24H26ClN3O3S/c1-15(2)26-24-28(16(3)4)23(30)21(32-24)13-17-10-11-20(19(25)12-17)31-14-22(29)27-18-8-6-5-7-9-18/h5-13,15-16H,14H2,1-4H3,(H,27,29)/b21-13+,26-24?. The number of nitrogens with one attached hydrogen (secondary N) is 1. The molecule has 0 saturated carbocycles. The zero-order valence-electron chi connectivity index (χ0n) is 18.5. The van der Waals surface area contributed by atoms with Gasteiger partial charge in [0.25, 0.3) is 11.8 Å². The van der Waals surface area contributed by atoms with Crippen LogP contribution in [0.3, 0.4) is 0 Å². The number of ether oxygens (including phenoxy) is 1. The monoisotopic (exact) mass is 471 g/mol. The Morgan fingerprint density at radius 2 is 1.91 bits per heavy atom. The summed E-state index contributed by atoms with van der Waals surface area (Å²) in [5, 5.41) is 3.82. The number of hydrogen-bond acceptors (Lipinski definition) is 5. The van der Waals surface area contributed by atoms with Crippen LogP contribution in [0.25, 0.3) is 6.08 Å². The Hall–Kier alpha value is -2.77. The van der Waals surface area contributed by atoms with Gasteiger partial charge in [0.15, 0.2) is 11.8 Å². The number of halogens is 1. The van der Waals surface area contributed by atoms with Crippen LogP contribution in [0.15, 0.2) is 58.4 Å². The summed E-state index contributed by atoms with van der Waals surface area (Å²) < 4.78 is 5.56. The van der Waals surface area contributed by atoms with Crippen molar-refractivity contribution in [1.29, 1.82) is 0 Å². The Labute approximate surface area is 197 Å². The Morgan fingerprint density at radius 3 is 2.53 bits per heavy atom. The minimum absolute atomic E-state index is 0.0137. The molecular weight excluding hydrogens is 446 g/mol. The normalized spacial score (nSPS) is 16.5. The Bertz CT molecular complexity index is 1050. The molecule has 32 heavy (non-hydrogen) atoms. The topological polar surface area (TPSA) is 71.0 Å². The summed E-state index contributed by atoms with van der Waals surface area (Å²) in [6, 6.07) is 14.5. The van der Waals surface area contributed by atoms with Crippen molar-refractivity contribution in [2.75, 3.05) is 11.9 Å². The molecule has 0 spiro atoms. The van der Waals surface area contributed by atoms with Crippen molar-refractivity contribution in [2.24, 2.45) is 4.99 Å². The smallest absolute Gasteiger partial charge is 0.266 e. The van der Waals surface area contributed by atoms with Gasteiger partial charge in [-0.05, 0) is 75.4 Å². The lowest BCUT2D eigenvalue weighted by atomic mass is 10.2. The van der Waals surface area contributed by atoms with E-state index < -0.39 is 0 Å². The van der Waals surface area contributed by atoms with E-state index in [1.54, 1.807) is 41.3 Å². The highest BCUT2D eigenvalue weighted by atomic mass is 35.5. The summed E-state index contributed by atoms with van der Waals surface area (Å²) in [7, 11) is 0. The lowest BCUT2D eigenvalue weighted by molar-refractivity contribution is -0.123. The molecule has 3 rings (SSSR count). The van der Waals surface area contributed by atoms with E-state index in [1.165, 1.54) is 11.8 Å². The van der Waals surface area contributed by atoms with Gasteiger partial charge in [0, 0.05) is 17.8 Å². The van der Waals surface area contributed by atoms with Gasteiger partial charge in [0.2, 0.25) is 0 Å². The molecule has 2 amide bonds. The number of thioether (sulfide) groups is 1.